The van der Waals surface area contributed by atoms with E-state index in [1.54, 1.807) is 0 Å². The topological polar surface area (TPSA) is 63.4 Å². The number of amides is 2. The van der Waals surface area contributed by atoms with Gasteiger partial charge in [-0.05, 0) is 66.0 Å². The molecule has 39 heavy (non-hydrogen) atoms. The number of carbonyl (C=O) groups is 2. The minimum Gasteiger partial charge on any atom is -0.370 e. The summed E-state index contributed by atoms with van der Waals surface area (Å²) in [6.07, 6.45) is 5.03. The van der Waals surface area contributed by atoms with Crippen LogP contribution in [-0.2, 0) is 9.59 Å². The maximum atomic E-state index is 11.6. The second-order valence-electron chi connectivity index (χ2n) is 9.20. The van der Waals surface area contributed by atoms with Crippen LogP contribution in [0.2, 0.25) is 10.0 Å². The van der Waals surface area contributed by atoms with E-state index in [9.17, 15) is 9.59 Å². The van der Waals surface area contributed by atoms with Crippen molar-refractivity contribution >= 4 is 47.3 Å². The number of hydrogen-bond acceptors (Lipinski definition) is 3. The van der Waals surface area contributed by atoms with E-state index in [4.69, 9.17) is 28.9 Å². The van der Waals surface area contributed by atoms with Gasteiger partial charge >= 0.3 is 0 Å². The van der Waals surface area contributed by atoms with Crippen molar-refractivity contribution in [1.29, 1.82) is 0 Å². The Morgan fingerprint density at radius 2 is 1.33 bits per heavy atom. The molecule has 2 aromatic rings. The van der Waals surface area contributed by atoms with Gasteiger partial charge in [0.2, 0.25) is 12.3 Å². The van der Waals surface area contributed by atoms with Gasteiger partial charge in [0.15, 0.2) is 0 Å². The maximum Gasteiger partial charge on any atom is 0.217 e. The molecule has 2 atom stereocenters. The van der Waals surface area contributed by atoms with Crippen molar-refractivity contribution in [2.45, 2.75) is 92.9 Å². The quantitative estimate of drug-likeness (QED) is 0.261. The zero-order valence-corrected chi connectivity index (χ0v) is 28.2. The zero-order chi connectivity index (χ0) is 30.8. The Morgan fingerprint density at radius 3 is 1.67 bits per heavy atom. The lowest BCUT2D eigenvalue weighted by molar-refractivity contribution is -0.121. The first kappa shape index (κ1) is 41.8. The van der Waals surface area contributed by atoms with Gasteiger partial charge < -0.3 is 10.6 Å². The number of thioether (sulfide) groups is 1. The third kappa shape index (κ3) is 25.0. The van der Waals surface area contributed by atoms with Crippen LogP contribution >= 0.6 is 35.0 Å². The lowest BCUT2D eigenvalue weighted by Gasteiger charge is -2.31. The molecule has 7 heteroatoms. The van der Waals surface area contributed by atoms with E-state index < -0.39 is 0 Å². The van der Waals surface area contributed by atoms with Gasteiger partial charge in [-0.3, -0.25) is 9.59 Å². The molecule has 2 rings (SSSR count). The number of nitrogens with zero attached hydrogens (tertiary/aromatic N) is 1. The third-order valence-corrected chi connectivity index (χ3v) is 6.50. The van der Waals surface area contributed by atoms with Crippen LogP contribution in [0, 0.1) is 11.8 Å². The van der Waals surface area contributed by atoms with Crippen LogP contribution in [0.4, 0.5) is 0 Å². The largest absolute Gasteiger partial charge is 0.370 e. The third-order valence-electron chi connectivity index (χ3n) is 5.05. The van der Waals surface area contributed by atoms with Crippen LogP contribution in [-0.4, -0.2) is 35.3 Å². The summed E-state index contributed by atoms with van der Waals surface area (Å²) in [5.41, 5.74) is 6.32. The van der Waals surface area contributed by atoms with Crippen LogP contribution in [0.1, 0.15) is 93.2 Å². The standard InChI is InChI=1S/C18H27ClN2O2.C6H5Cl.C4H10S.2C2H6/c1-13(2)11-21(12-22)17(9-4-14(3)10-18(20)23)15-5-7-16(19)8-6-15;7-6-4-2-1-3-5-6;1-4(2)5-3;2*1-2/h5-8,12-14,17H,4,9-11H2,1-3H3,(H2,20,23);1-5H;4H,1-3H3;2*1-2H3. The Bertz CT molecular complexity index is 819. The van der Waals surface area contributed by atoms with E-state index in [0.29, 0.717) is 23.9 Å². The van der Waals surface area contributed by atoms with Crippen molar-refractivity contribution in [1.82, 2.24) is 4.90 Å². The first-order valence-electron chi connectivity index (χ1n) is 14.0. The fourth-order valence-electron chi connectivity index (χ4n) is 3.18. The maximum absolute atomic E-state index is 11.6. The summed E-state index contributed by atoms with van der Waals surface area (Å²) in [7, 11) is 0. The molecular formula is C32H54Cl2N2O2S. The number of rotatable bonds is 11. The van der Waals surface area contributed by atoms with Crippen LogP contribution in [0.15, 0.2) is 54.6 Å². The van der Waals surface area contributed by atoms with E-state index >= 15 is 0 Å². The van der Waals surface area contributed by atoms with Gasteiger partial charge in [0.1, 0.15) is 0 Å². The average Bonchev–Trinajstić information content (AvgIpc) is 2.91. The molecule has 0 aromatic heterocycles. The highest BCUT2D eigenvalue weighted by atomic mass is 35.5. The smallest absolute Gasteiger partial charge is 0.217 e. The Balaban J connectivity index is -0.000000658. The second kappa shape index (κ2) is 27.9. The SMILES string of the molecule is CC.CC.CC(C)CN(C=O)C(CCC(C)CC(N)=O)c1ccc(Cl)cc1.CSC(C)C.Clc1ccccc1. The highest BCUT2D eigenvalue weighted by molar-refractivity contribution is 7.99. The second-order valence-corrected chi connectivity index (χ2v) is 11.5. The molecule has 0 radical (unpaired) electrons. The fraction of sp³-hybridized carbons (Fsp3) is 0.562. The predicted molar refractivity (Wildman–Crippen MR) is 177 cm³/mol. The van der Waals surface area contributed by atoms with E-state index in [0.717, 1.165) is 35.1 Å². The molecular weight excluding hydrogens is 547 g/mol. The van der Waals surface area contributed by atoms with Crippen LogP contribution in [0.3, 0.4) is 0 Å². The molecule has 0 spiro atoms. The van der Waals surface area contributed by atoms with E-state index in [1.165, 1.54) is 0 Å². The monoisotopic (exact) mass is 600 g/mol. The summed E-state index contributed by atoms with van der Waals surface area (Å²) in [5.74, 6) is 0.308. The number of hydrogen-bond donors (Lipinski definition) is 1. The first-order chi connectivity index (χ1) is 18.5. The van der Waals surface area contributed by atoms with E-state index in [1.807, 2.05) is 106 Å². The molecule has 0 aliphatic heterocycles. The van der Waals surface area contributed by atoms with Crippen LogP contribution < -0.4 is 5.73 Å². The summed E-state index contributed by atoms with van der Waals surface area (Å²) >= 11 is 13.4. The average molecular weight is 602 g/mol. The van der Waals surface area contributed by atoms with Crippen molar-refractivity contribution in [3.8, 4) is 0 Å². The summed E-state index contributed by atoms with van der Waals surface area (Å²) in [4.78, 5) is 24.4. The molecule has 224 valence electrons. The Kier molecular flexibility index (Phi) is 29.9. The molecule has 0 heterocycles. The molecule has 0 saturated carbocycles. The van der Waals surface area contributed by atoms with Gasteiger partial charge in [0, 0.05) is 23.0 Å². The van der Waals surface area contributed by atoms with Crippen molar-refractivity contribution in [3.05, 3.63) is 70.2 Å². The summed E-state index contributed by atoms with van der Waals surface area (Å²) in [6.45, 7) is 19.3. The number of primary amides is 1. The molecule has 0 bridgehead atoms. The molecule has 0 aliphatic carbocycles. The van der Waals surface area contributed by atoms with Gasteiger partial charge in [-0.2, -0.15) is 11.8 Å². The lowest BCUT2D eigenvalue weighted by Crippen LogP contribution is -2.31. The number of halogens is 2. The molecule has 2 aromatic carbocycles. The van der Waals surface area contributed by atoms with Crippen molar-refractivity contribution in [2.75, 3.05) is 12.8 Å². The fourth-order valence-corrected chi connectivity index (χ4v) is 3.45. The molecule has 4 nitrogen and oxygen atoms in total. The normalized spacial score (nSPS) is 11.1. The molecule has 0 aliphatic rings. The van der Waals surface area contributed by atoms with Crippen molar-refractivity contribution in [3.63, 3.8) is 0 Å². The van der Waals surface area contributed by atoms with Gasteiger partial charge in [-0.25, -0.2) is 0 Å². The van der Waals surface area contributed by atoms with E-state index in [-0.39, 0.29) is 17.9 Å². The van der Waals surface area contributed by atoms with Crippen molar-refractivity contribution in [2.24, 2.45) is 17.6 Å². The Morgan fingerprint density at radius 1 is 0.872 bits per heavy atom. The Hall–Kier alpha value is -1.69. The van der Waals surface area contributed by atoms with Crippen LogP contribution in [0.25, 0.3) is 0 Å². The molecule has 0 fully saturated rings. The highest BCUT2D eigenvalue weighted by Gasteiger charge is 2.21. The van der Waals surface area contributed by atoms with Crippen molar-refractivity contribution < 1.29 is 9.59 Å². The lowest BCUT2D eigenvalue weighted by atomic mass is 9.93. The van der Waals surface area contributed by atoms with Gasteiger partial charge in [-0.15, -0.1) is 0 Å². The molecule has 2 amide bonds. The molecule has 0 saturated heterocycles. The minimum absolute atomic E-state index is 0.0116. The summed E-state index contributed by atoms with van der Waals surface area (Å²) in [5, 5.41) is 2.27. The zero-order valence-electron chi connectivity index (χ0n) is 25.9. The predicted octanol–water partition coefficient (Wildman–Crippen LogP) is 9.94. The van der Waals surface area contributed by atoms with Gasteiger partial charge in [-0.1, -0.05) is 116 Å². The Labute approximate surface area is 254 Å². The number of nitrogens with two attached hydrogens (primary N) is 1. The summed E-state index contributed by atoms with van der Waals surface area (Å²) < 4.78 is 0. The first-order valence-corrected chi connectivity index (χ1v) is 16.0. The minimum atomic E-state index is -0.282. The molecule has 2 unspecified atom stereocenters. The number of carbonyl (C=O) groups excluding carboxylic acids is 2. The van der Waals surface area contributed by atoms with Gasteiger partial charge in [0.25, 0.3) is 0 Å². The molecule has 2 N–H and O–H groups in total. The highest BCUT2D eigenvalue weighted by Crippen LogP contribution is 2.29. The summed E-state index contributed by atoms with van der Waals surface area (Å²) in [6, 6.07) is 17.0. The van der Waals surface area contributed by atoms with E-state index in [2.05, 4.69) is 34.0 Å². The van der Waals surface area contributed by atoms with Crippen LogP contribution in [0.5, 0.6) is 0 Å². The van der Waals surface area contributed by atoms with Gasteiger partial charge in [0.05, 0.1) is 6.04 Å². The number of benzene rings is 2.